The molecule has 1 aliphatic heterocycles. The molecule has 1 fully saturated rings. The Morgan fingerprint density at radius 1 is 1.21 bits per heavy atom. The summed E-state index contributed by atoms with van der Waals surface area (Å²) in [6, 6.07) is 17.9. The van der Waals surface area contributed by atoms with E-state index in [2.05, 4.69) is 27.8 Å². The molecule has 1 aromatic heterocycles. The highest BCUT2D eigenvalue weighted by Crippen LogP contribution is 2.32. The fraction of sp³-hybridized carbons (Fsp3) is 0.273. The number of aromatic nitrogens is 1. The average molecular weight is 396 g/mol. The average Bonchev–Trinajstić information content (AvgIpc) is 3.03. The summed E-state index contributed by atoms with van der Waals surface area (Å²) in [7, 11) is 0. The summed E-state index contributed by atoms with van der Waals surface area (Å²) in [5.41, 5.74) is 2.80. The summed E-state index contributed by atoms with van der Waals surface area (Å²) in [5.74, 6) is 0.777. The molecule has 2 N–H and O–H groups in total. The topological polar surface area (TPSA) is 63.2 Å². The third-order valence-electron chi connectivity index (χ3n) is 4.97. The van der Waals surface area contributed by atoms with Crippen molar-refractivity contribution in [1.29, 1.82) is 0 Å². The molecule has 2 heterocycles. The summed E-state index contributed by atoms with van der Waals surface area (Å²) in [6.07, 6.45) is 0.779. The maximum atomic E-state index is 11.7. The first kappa shape index (κ1) is 18.6. The van der Waals surface area contributed by atoms with Gasteiger partial charge < -0.3 is 15.4 Å². The highest BCUT2D eigenvalue weighted by Gasteiger charge is 2.28. The van der Waals surface area contributed by atoms with Gasteiger partial charge in [-0.15, -0.1) is 0 Å². The van der Waals surface area contributed by atoms with Gasteiger partial charge in [-0.2, -0.15) is 0 Å². The highest BCUT2D eigenvalue weighted by molar-refractivity contribution is 6.30. The summed E-state index contributed by atoms with van der Waals surface area (Å²) >= 11 is 6.28. The second-order valence-electron chi connectivity index (χ2n) is 7.14. The number of anilines is 1. The van der Waals surface area contributed by atoms with Crippen LogP contribution in [0.3, 0.4) is 0 Å². The Bertz CT molecular complexity index is 994. The fourth-order valence-electron chi connectivity index (χ4n) is 3.48. The molecule has 1 aliphatic rings. The van der Waals surface area contributed by atoms with Gasteiger partial charge >= 0.3 is 0 Å². The molecule has 4 rings (SSSR count). The minimum Gasteiger partial charge on any atom is -0.489 e. The third-order valence-corrected chi connectivity index (χ3v) is 5.16. The molecule has 0 aliphatic carbocycles. The molecular formula is C22H22ClN3O2. The number of amides is 1. The lowest BCUT2D eigenvalue weighted by Crippen LogP contribution is -2.31. The Kier molecular flexibility index (Phi) is 5.35. The molecule has 0 saturated carbocycles. The van der Waals surface area contributed by atoms with E-state index >= 15 is 0 Å². The van der Waals surface area contributed by atoms with Crippen molar-refractivity contribution in [3.63, 3.8) is 0 Å². The number of hydrogen-bond donors (Lipinski definition) is 2. The second-order valence-corrected chi connectivity index (χ2v) is 7.52. The minimum absolute atomic E-state index is 0.0209. The zero-order chi connectivity index (χ0) is 19.5. The van der Waals surface area contributed by atoms with E-state index in [1.807, 2.05) is 49.4 Å². The normalized spacial score (nSPS) is 18.9. The van der Waals surface area contributed by atoms with Crippen LogP contribution >= 0.6 is 11.6 Å². The van der Waals surface area contributed by atoms with E-state index in [1.165, 1.54) is 5.56 Å². The number of nitrogens with one attached hydrogen (secondary N) is 2. The number of nitrogens with zero attached hydrogens (tertiary/aromatic N) is 1. The molecule has 28 heavy (non-hydrogen) atoms. The lowest BCUT2D eigenvalue weighted by Gasteiger charge is -2.15. The SMILES string of the molecule is C[C@H]1C[C@H](COc2cccc3c(NCc4ccccc4)cc(Cl)nc23)NC1=O. The van der Waals surface area contributed by atoms with Crippen molar-refractivity contribution in [1.82, 2.24) is 10.3 Å². The van der Waals surface area contributed by atoms with E-state index in [4.69, 9.17) is 16.3 Å². The van der Waals surface area contributed by atoms with Gasteiger partial charge in [0, 0.05) is 23.5 Å². The van der Waals surface area contributed by atoms with Gasteiger partial charge in [-0.1, -0.05) is 61.0 Å². The largest absolute Gasteiger partial charge is 0.489 e. The van der Waals surface area contributed by atoms with Crippen LogP contribution < -0.4 is 15.4 Å². The van der Waals surface area contributed by atoms with E-state index in [-0.39, 0.29) is 17.9 Å². The fourth-order valence-corrected chi connectivity index (χ4v) is 3.68. The van der Waals surface area contributed by atoms with Crippen molar-refractivity contribution < 1.29 is 9.53 Å². The maximum absolute atomic E-state index is 11.7. The number of benzene rings is 2. The Morgan fingerprint density at radius 2 is 2.04 bits per heavy atom. The Hall–Kier alpha value is -2.79. The molecule has 1 saturated heterocycles. The molecule has 2 atom stereocenters. The van der Waals surface area contributed by atoms with Crippen molar-refractivity contribution in [2.75, 3.05) is 11.9 Å². The monoisotopic (exact) mass is 395 g/mol. The van der Waals surface area contributed by atoms with Gasteiger partial charge in [0.15, 0.2) is 0 Å². The van der Waals surface area contributed by atoms with Crippen LogP contribution in [-0.2, 0) is 11.3 Å². The van der Waals surface area contributed by atoms with Gasteiger partial charge in [-0.3, -0.25) is 4.79 Å². The number of pyridine rings is 1. The predicted octanol–water partition coefficient (Wildman–Crippen LogP) is 4.40. The smallest absolute Gasteiger partial charge is 0.223 e. The molecule has 2 aromatic carbocycles. The van der Waals surface area contributed by atoms with Crippen LogP contribution in [0.2, 0.25) is 5.15 Å². The number of carbonyl (C=O) groups excluding carboxylic acids is 1. The van der Waals surface area contributed by atoms with E-state index in [0.29, 0.717) is 29.6 Å². The van der Waals surface area contributed by atoms with Crippen LogP contribution in [0.25, 0.3) is 10.9 Å². The van der Waals surface area contributed by atoms with Crippen LogP contribution in [0.4, 0.5) is 5.69 Å². The maximum Gasteiger partial charge on any atom is 0.223 e. The van der Waals surface area contributed by atoms with E-state index < -0.39 is 0 Å². The van der Waals surface area contributed by atoms with E-state index in [1.54, 1.807) is 0 Å². The molecule has 1 amide bonds. The molecule has 3 aromatic rings. The lowest BCUT2D eigenvalue weighted by atomic mass is 10.1. The van der Waals surface area contributed by atoms with Crippen molar-refractivity contribution in [3.8, 4) is 5.75 Å². The first-order valence-electron chi connectivity index (χ1n) is 9.40. The Labute approximate surface area is 169 Å². The number of hydrogen-bond acceptors (Lipinski definition) is 4. The first-order valence-corrected chi connectivity index (χ1v) is 9.78. The van der Waals surface area contributed by atoms with Crippen LogP contribution in [0.1, 0.15) is 18.9 Å². The molecule has 5 nitrogen and oxygen atoms in total. The predicted molar refractivity (Wildman–Crippen MR) is 112 cm³/mol. The standard InChI is InChI=1S/C22H22ClN3O2/c1-14-10-16(25-22(14)27)13-28-19-9-5-8-17-18(11-20(23)26-21(17)19)24-12-15-6-3-2-4-7-15/h2-9,11,14,16H,10,12-13H2,1H3,(H,24,26)(H,25,27)/t14-,16+/m0/s1. The Morgan fingerprint density at radius 3 is 2.79 bits per heavy atom. The van der Waals surface area contributed by atoms with Gasteiger partial charge in [-0.25, -0.2) is 4.98 Å². The second kappa shape index (κ2) is 8.07. The number of halogens is 1. The number of ether oxygens (including phenoxy) is 1. The van der Waals surface area contributed by atoms with Gasteiger partial charge in [0.1, 0.15) is 23.0 Å². The van der Waals surface area contributed by atoms with E-state index in [9.17, 15) is 4.79 Å². The Balaban J connectivity index is 1.55. The third kappa shape index (κ3) is 4.04. The molecular weight excluding hydrogens is 374 g/mol. The molecule has 0 unspecified atom stereocenters. The molecule has 0 bridgehead atoms. The van der Waals surface area contributed by atoms with Gasteiger partial charge in [-0.05, 0) is 24.1 Å². The highest BCUT2D eigenvalue weighted by atomic mass is 35.5. The van der Waals surface area contributed by atoms with Crippen molar-refractivity contribution in [2.24, 2.45) is 5.92 Å². The van der Waals surface area contributed by atoms with Gasteiger partial charge in [0.25, 0.3) is 0 Å². The van der Waals surface area contributed by atoms with Crippen molar-refractivity contribution in [3.05, 3.63) is 65.3 Å². The minimum atomic E-state index is 0.0209. The molecule has 0 spiro atoms. The number of fused-ring (bicyclic) bond motifs is 1. The molecule has 6 heteroatoms. The van der Waals surface area contributed by atoms with Crippen LogP contribution in [0.5, 0.6) is 5.75 Å². The van der Waals surface area contributed by atoms with Gasteiger partial charge in [0.05, 0.1) is 6.04 Å². The summed E-state index contributed by atoms with van der Waals surface area (Å²) in [4.78, 5) is 16.2. The summed E-state index contributed by atoms with van der Waals surface area (Å²) in [5, 5.41) is 7.75. The summed E-state index contributed by atoms with van der Waals surface area (Å²) in [6.45, 7) is 3.03. The number of carbonyl (C=O) groups is 1. The molecule has 144 valence electrons. The quantitative estimate of drug-likeness (QED) is 0.607. The molecule has 0 radical (unpaired) electrons. The zero-order valence-corrected chi connectivity index (χ0v) is 16.4. The number of para-hydroxylation sites is 1. The van der Waals surface area contributed by atoms with Crippen molar-refractivity contribution in [2.45, 2.75) is 25.9 Å². The van der Waals surface area contributed by atoms with Crippen LogP contribution in [0, 0.1) is 5.92 Å². The van der Waals surface area contributed by atoms with Crippen LogP contribution in [0.15, 0.2) is 54.6 Å². The van der Waals surface area contributed by atoms with Gasteiger partial charge in [0.2, 0.25) is 5.91 Å². The summed E-state index contributed by atoms with van der Waals surface area (Å²) < 4.78 is 6.01. The zero-order valence-electron chi connectivity index (χ0n) is 15.6. The number of rotatable bonds is 6. The van der Waals surface area contributed by atoms with E-state index in [0.717, 1.165) is 17.5 Å². The first-order chi connectivity index (χ1) is 13.6. The van der Waals surface area contributed by atoms with Crippen molar-refractivity contribution >= 4 is 34.1 Å². The van der Waals surface area contributed by atoms with Crippen LogP contribution in [-0.4, -0.2) is 23.5 Å². The lowest BCUT2D eigenvalue weighted by molar-refractivity contribution is -0.122.